The molecule has 1 aromatic rings. The summed E-state index contributed by atoms with van der Waals surface area (Å²) in [6.45, 7) is 4.05. The molecule has 0 saturated heterocycles. The van der Waals surface area contributed by atoms with Crippen LogP contribution < -0.4 is 5.32 Å². The molecular weight excluding hydrogens is 190 g/mol. The maximum Gasteiger partial charge on any atom is 0.253 e. The first-order chi connectivity index (χ1) is 7.25. The highest BCUT2D eigenvalue weighted by molar-refractivity contribution is 5.81. The van der Waals surface area contributed by atoms with Gasteiger partial charge < -0.3 is 10.4 Å². The molecule has 0 fully saturated rings. The first-order valence-electron chi connectivity index (χ1n) is 4.87. The van der Waals surface area contributed by atoms with Crippen molar-refractivity contribution >= 4 is 5.91 Å². The van der Waals surface area contributed by atoms with E-state index in [1.165, 1.54) is 0 Å². The lowest BCUT2D eigenvalue weighted by molar-refractivity contribution is -0.129. The van der Waals surface area contributed by atoms with Gasteiger partial charge in [0.05, 0.1) is 0 Å². The van der Waals surface area contributed by atoms with E-state index < -0.39 is 6.10 Å². The van der Waals surface area contributed by atoms with Crippen molar-refractivity contribution in [2.75, 3.05) is 6.54 Å². The van der Waals surface area contributed by atoms with E-state index in [0.29, 0.717) is 18.5 Å². The van der Waals surface area contributed by atoms with Crippen LogP contribution >= 0.6 is 0 Å². The van der Waals surface area contributed by atoms with E-state index in [1.807, 2.05) is 6.07 Å². The van der Waals surface area contributed by atoms with E-state index >= 15 is 0 Å². The number of amides is 1. The Labute approximate surface area is 89.4 Å². The number of carbonyl (C=O) groups excluding carboxylic acids is 1. The highest BCUT2D eigenvalue weighted by Gasteiger charge is 2.15. The molecule has 15 heavy (non-hydrogen) atoms. The van der Waals surface area contributed by atoms with Gasteiger partial charge in [-0.3, -0.25) is 4.79 Å². The smallest absolute Gasteiger partial charge is 0.253 e. The van der Waals surface area contributed by atoms with Crippen LogP contribution in [0.5, 0.6) is 0 Å². The molecule has 0 aliphatic carbocycles. The average molecular weight is 205 g/mol. The summed E-state index contributed by atoms with van der Waals surface area (Å²) in [6, 6.07) is 8.85. The Bertz CT molecular complexity index is 322. The molecule has 0 radical (unpaired) electrons. The Balaban J connectivity index is 2.50. The van der Waals surface area contributed by atoms with E-state index in [1.54, 1.807) is 30.3 Å². The molecule has 80 valence electrons. The van der Waals surface area contributed by atoms with Crippen molar-refractivity contribution in [1.82, 2.24) is 5.32 Å². The topological polar surface area (TPSA) is 49.3 Å². The summed E-state index contributed by atoms with van der Waals surface area (Å²) in [5.74, 6) is -0.372. The Morgan fingerprint density at radius 3 is 2.73 bits per heavy atom. The van der Waals surface area contributed by atoms with Gasteiger partial charge in [0.2, 0.25) is 0 Å². The number of rotatable bonds is 5. The summed E-state index contributed by atoms with van der Waals surface area (Å²) in [5, 5.41) is 12.3. The Morgan fingerprint density at radius 1 is 1.47 bits per heavy atom. The number of carbonyl (C=O) groups is 1. The second-order valence-corrected chi connectivity index (χ2v) is 3.18. The van der Waals surface area contributed by atoms with E-state index in [2.05, 4.69) is 11.9 Å². The van der Waals surface area contributed by atoms with Crippen LogP contribution in [0.15, 0.2) is 43.0 Å². The number of nitrogens with one attached hydrogen (secondary N) is 1. The predicted molar refractivity (Wildman–Crippen MR) is 59.2 cm³/mol. The molecule has 3 heteroatoms. The second kappa shape index (κ2) is 5.98. The molecule has 0 heterocycles. The van der Waals surface area contributed by atoms with Crippen LogP contribution in [-0.4, -0.2) is 17.6 Å². The molecule has 1 aromatic carbocycles. The van der Waals surface area contributed by atoms with Gasteiger partial charge in [0.1, 0.15) is 0 Å². The zero-order valence-electron chi connectivity index (χ0n) is 8.52. The van der Waals surface area contributed by atoms with Crippen molar-refractivity contribution in [3.63, 3.8) is 0 Å². The highest BCUT2D eigenvalue weighted by atomic mass is 16.3. The minimum atomic E-state index is -1.09. The van der Waals surface area contributed by atoms with E-state index in [4.69, 9.17) is 0 Å². The number of hydrogen-bond acceptors (Lipinski definition) is 2. The summed E-state index contributed by atoms with van der Waals surface area (Å²) in [7, 11) is 0. The fourth-order valence-electron chi connectivity index (χ4n) is 1.18. The molecule has 0 aliphatic heterocycles. The van der Waals surface area contributed by atoms with E-state index in [9.17, 15) is 9.90 Å². The number of aliphatic hydroxyl groups excluding tert-OH is 1. The summed E-state index contributed by atoms with van der Waals surface area (Å²) >= 11 is 0. The lowest BCUT2D eigenvalue weighted by Crippen LogP contribution is -2.29. The van der Waals surface area contributed by atoms with Gasteiger partial charge in [-0.25, -0.2) is 0 Å². The first-order valence-corrected chi connectivity index (χ1v) is 4.87. The monoisotopic (exact) mass is 205 g/mol. The maximum atomic E-state index is 11.4. The molecule has 2 N–H and O–H groups in total. The van der Waals surface area contributed by atoms with E-state index in [-0.39, 0.29) is 5.91 Å². The van der Waals surface area contributed by atoms with Crippen molar-refractivity contribution in [3.05, 3.63) is 48.6 Å². The van der Waals surface area contributed by atoms with Crippen LogP contribution in [0.1, 0.15) is 18.1 Å². The van der Waals surface area contributed by atoms with Gasteiger partial charge in [-0.15, -0.1) is 6.58 Å². The normalized spacial score (nSPS) is 11.8. The van der Waals surface area contributed by atoms with Crippen molar-refractivity contribution in [2.24, 2.45) is 0 Å². The standard InChI is InChI=1S/C12H15NO2/c1-2-3-9-13-12(15)11(14)10-7-5-4-6-8-10/h2,4-8,11,14H,1,3,9H2,(H,13,15). The number of benzene rings is 1. The van der Waals surface area contributed by atoms with Crippen LogP contribution in [0, 0.1) is 0 Å². The zero-order valence-corrected chi connectivity index (χ0v) is 8.52. The summed E-state index contributed by atoms with van der Waals surface area (Å²) in [6.07, 6.45) is 1.33. The average Bonchev–Trinajstić information content (AvgIpc) is 2.29. The van der Waals surface area contributed by atoms with Gasteiger partial charge in [0.25, 0.3) is 5.91 Å². The van der Waals surface area contributed by atoms with Gasteiger partial charge in [-0.2, -0.15) is 0 Å². The largest absolute Gasteiger partial charge is 0.378 e. The summed E-state index contributed by atoms with van der Waals surface area (Å²) in [4.78, 5) is 11.4. The molecule has 0 aromatic heterocycles. The molecule has 1 rings (SSSR count). The summed E-state index contributed by atoms with van der Waals surface area (Å²) in [5.41, 5.74) is 0.605. The fraction of sp³-hybridized carbons (Fsp3) is 0.250. The minimum absolute atomic E-state index is 0.372. The third-order valence-corrected chi connectivity index (χ3v) is 2.01. The molecule has 1 unspecified atom stereocenters. The fourth-order valence-corrected chi connectivity index (χ4v) is 1.18. The van der Waals surface area contributed by atoms with Crippen molar-refractivity contribution < 1.29 is 9.90 Å². The Hall–Kier alpha value is -1.61. The third kappa shape index (κ3) is 3.56. The van der Waals surface area contributed by atoms with Crippen molar-refractivity contribution in [1.29, 1.82) is 0 Å². The van der Waals surface area contributed by atoms with Crippen LogP contribution in [-0.2, 0) is 4.79 Å². The van der Waals surface area contributed by atoms with Gasteiger partial charge in [-0.1, -0.05) is 36.4 Å². The SMILES string of the molecule is C=CCCNC(=O)C(O)c1ccccc1. The quantitative estimate of drug-likeness (QED) is 0.564. The van der Waals surface area contributed by atoms with Crippen molar-refractivity contribution in [2.45, 2.75) is 12.5 Å². The number of aliphatic hydroxyl groups is 1. The van der Waals surface area contributed by atoms with Crippen LogP contribution in [0.25, 0.3) is 0 Å². The Morgan fingerprint density at radius 2 is 2.13 bits per heavy atom. The molecule has 0 aliphatic rings. The highest BCUT2D eigenvalue weighted by Crippen LogP contribution is 2.11. The first kappa shape index (κ1) is 11.5. The third-order valence-electron chi connectivity index (χ3n) is 2.01. The predicted octanol–water partition coefficient (Wildman–Crippen LogP) is 1.41. The van der Waals surface area contributed by atoms with Gasteiger partial charge in [0, 0.05) is 6.54 Å². The summed E-state index contributed by atoms with van der Waals surface area (Å²) < 4.78 is 0. The molecule has 3 nitrogen and oxygen atoms in total. The van der Waals surface area contributed by atoms with Crippen LogP contribution in [0.4, 0.5) is 0 Å². The zero-order chi connectivity index (χ0) is 11.1. The molecule has 0 bridgehead atoms. The molecule has 1 amide bonds. The maximum absolute atomic E-state index is 11.4. The minimum Gasteiger partial charge on any atom is -0.378 e. The Kier molecular flexibility index (Phi) is 4.57. The lowest BCUT2D eigenvalue weighted by atomic mass is 10.1. The second-order valence-electron chi connectivity index (χ2n) is 3.18. The molecule has 0 spiro atoms. The molecule has 1 atom stereocenters. The molecular formula is C12H15NO2. The van der Waals surface area contributed by atoms with Gasteiger partial charge in [0.15, 0.2) is 6.10 Å². The van der Waals surface area contributed by atoms with Gasteiger partial charge in [-0.05, 0) is 12.0 Å². The van der Waals surface area contributed by atoms with Crippen LogP contribution in [0.3, 0.4) is 0 Å². The van der Waals surface area contributed by atoms with Crippen LogP contribution in [0.2, 0.25) is 0 Å². The van der Waals surface area contributed by atoms with Gasteiger partial charge >= 0.3 is 0 Å². The van der Waals surface area contributed by atoms with Crippen molar-refractivity contribution in [3.8, 4) is 0 Å². The van der Waals surface area contributed by atoms with E-state index in [0.717, 1.165) is 0 Å². The molecule has 0 saturated carbocycles. The number of hydrogen-bond donors (Lipinski definition) is 2. The lowest BCUT2D eigenvalue weighted by Gasteiger charge is -2.10.